The Morgan fingerprint density at radius 3 is 2.65 bits per heavy atom. The van der Waals surface area contributed by atoms with Crippen LogP contribution in [0.1, 0.15) is 38.2 Å². The largest absolute Gasteiger partial charge is 0.355 e. The van der Waals surface area contributed by atoms with Crippen molar-refractivity contribution in [3.8, 4) is 0 Å². The lowest BCUT2D eigenvalue weighted by Gasteiger charge is -2.32. The van der Waals surface area contributed by atoms with Gasteiger partial charge in [0, 0.05) is 19.6 Å². The van der Waals surface area contributed by atoms with E-state index in [9.17, 15) is 4.79 Å². The van der Waals surface area contributed by atoms with Crippen LogP contribution in [0.4, 0.5) is 0 Å². The lowest BCUT2D eigenvalue weighted by atomic mass is 9.85. The fourth-order valence-electron chi connectivity index (χ4n) is 2.59. The van der Waals surface area contributed by atoms with Crippen molar-refractivity contribution >= 4 is 5.91 Å². The summed E-state index contributed by atoms with van der Waals surface area (Å²) in [5.74, 6) is 0.944. The van der Waals surface area contributed by atoms with Gasteiger partial charge in [-0.15, -0.1) is 0 Å². The average molecular weight is 274 g/mol. The molecule has 1 N–H and O–H groups in total. The Kier molecular flexibility index (Phi) is 6.06. The molecule has 1 aromatic carbocycles. The summed E-state index contributed by atoms with van der Waals surface area (Å²) >= 11 is 0. The van der Waals surface area contributed by atoms with Crippen molar-refractivity contribution in [1.82, 2.24) is 10.2 Å². The summed E-state index contributed by atoms with van der Waals surface area (Å²) < 4.78 is 0. The van der Waals surface area contributed by atoms with Crippen molar-refractivity contribution in [2.45, 2.75) is 39.2 Å². The van der Waals surface area contributed by atoms with Gasteiger partial charge < -0.3 is 5.32 Å². The molecule has 3 nitrogen and oxygen atoms in total. The molecule has 1 saturated carbocycles. The van der Waals surface area contributed by atoms with Crippen molar-refractivity contribution in [3.05, 3.63) is 35.9 Å². The van der Waals surface area contributed by atoms with Gasteiger partial charge in [-0.2, -0.15) is 0 Å². The highest BCUT2D eigenvalue weighted by molar-refractivity contribution is 5.77. The number of hydrogen-bond acceptors (Lipinski definition) is 2. The van der Waals surface area contributed by atoms with Gasteiger partial charge in [0.25, 0.3) is 0 Å². The highest BCUT2D eigenvalue weighted by Crippen LogP contribution is 2.27. The second-order valence-electron chi connectivity index (χ2n) is 5.80. The van der Waals surface area contributed by atoms with E-state index in [1.165, 1.54) is 24.8 Å². The number of rotatable bonds is 8. The number of nitrogens with zero attached hydrogens (tertiary/aromatic N) is 1. The zero-order valence-electron chi connectivity index (χ0n) is 12.5. The first-order valence-electron chi connectivity index (χ1n) is 7.81. The van der Waals surface area contributed by atoms with Crippen LogP contribution in [0.5, 0.6) is 0 Å². The van der Waals surface area contributed by atoms with E-state index >= 15 is 0 Å². The topological polar surface area (TPSA) is 32.3 Å². The van der Waals surface area contributed by atoms with E-state index in [-0.39, 0.29) is 5.91 Å². The van der Waals surface area contributed by atoms with Crippen LogP contribution in [0.25, 0.3) is 0 Å². The van der Waals surface area contributed by atoms with E-state index in [2.05, 4.69) is 41.4 Å². The maximum absolute atomic E-state index is 11.9. The Hall–Kier alpha value is -1.35. The van der Waals surface area contributed by atoms with Crippen molar-refractivity contribution in [1.29, 1.82) is 0 Å². The molecule has 1 aliphatic rings. The van der Waals surface area contributed by atoms with Crippen LogP contribution in [0.3, 0.4) is 0 Å². The second kappa shape index (κ2) is 8.05. The van der Waals surface area contributed by atoms with Crippen LogP contribution in [0, 0.1) is 5.92 Å². The Morgan fingerprint density at radius 2 is 2.05 bits per heavy atom. The molecule has 0 unspecified atom stereocenters. The van der Waals surface area contributed by atoms with E-state index in [0.29, 0.717) is 6.54 Å². The first-order chi connectivity index (χ1) is 9.78. The Morgan fingerprint density at radius 1 is 1.30 bits per heavy atom. The predicted molar refractivity (Wildman–Crippen MR) is 82.4 cm³/mol. The van der Waals surface area contributed by atoms with Crippen LogP contribution in [-0.2, 0) is 11.3 Å². The van der Waals surface area contributed by atoms with Gasteiger partial charge >= 0.3 is 0 Å². The van der Waals surface area contributed by atoms with Gasteiger partial charge in [0.2, 0.25) is 5.91 Å². The van der Waals surface area contributed by atoms with Crippen molar-refractivity contribution < 1.29 is 4.79 Å². The Balaban J connectivity index is 1.87. The molecule has 0 atom stereocenters. The molecule has 110 valence electrons. The molecule has 1 aromatic rings. The maximum atomic E-state index is 11.9. The Bertz CT molecular complexity index is 401. The highest BCUT2D eigenvalue weighted by Gasteiger charge is 2.22. The summed E-state index contributed by atoms with van der Waals surface area (Å²) in [5, 5.41) is 2.98. The third-order valence-corrected chi connectivity index (χ3v) is 3.93. The monoisotopic (exact) mass is 274 g/mol. The molecule has 1 aliphatic carbocycles. The van der Waals surface area contributed by atoms with Gasteiger partial charge in [-0.25, -0.2) is 0 Å². The quantitative estimate of drug-likeness (QED) is 0.790. The number of carbonyl (C=O) groups excluding carboxylic acids is 1. The van der Waals surface area contributed by atoms with Crippen LogP contribution in [-0.4, -0.2) is 30.4 Å². The molecule has 3 heteroatoms. The number of amides is 1. The third kappa shape index (κ3) is 4.97. The molecule has 0 heterocycles. The molecule has 1 fully saturated rings. The van der Waals surface area contributed by atoms with Gasteiger partial charge in [0.1, 0.15) is 0 Å². The molecule has 0 aliphatic heterocycles. The Labute approximate surface area is 122 Å². The minimum Gasteiger partial charge on any atom is -0.355 e. The van der Waals surface area contributed by atoms with Crippen LogP contribution in [0.15, 0.2) is 30.3 Å². The minimum absolute atomic E-state index is 0.155. The normalized spacial score (nSPS) is 15.1. The summed E-state index contributed by atoms with van der Waals surface area (Å²) in [6.45, 7) is 5.30. The van der Waals surface area contributed by atoms with Crippen LogP contribution in [0.2, 0.25) is 0 Å². The molecule has 2 rings (SSSR count). The smallest absolute Gasteiger partial charge is 0.234 e. The third-order valence-electron chi connectivity index (χ3n) is 3.93. The van der Waals surface area contributed by atoms with Crippen LogP contribution >= 0.6 is 0 Å². The summed E-state index contributed by atoms with van der Waals surface area (Å²) in [7, 11) is 0. The summed E-state index contributed by atoms with van der Waals surface area (Å²) in [5.41, 5.74) is 1.29. The number of benzene rings is 1. The first-order valence-corrected chi connectivity index (χ1v) is 7.81. The summed E-state index contributed by atoms with van der Waals surface area (Å²) in [6, 6.07) is 10.4. The SMILES string of the molecule is CCCNC(=O)CN(Cc1ccccc1)CC1CCC1. The molecule has 0 bridgehead atoms. The second-order valence-corrected chi connectivity index (χ2v) is 5.80. The lowest BCUT2D eigenvalue weighted by Crippen LogP contribution is -2.40. The van der Waals surface area contributed by atoms with Crippen LogP contribution < -0.4 is 5.32 Å². The van der Waals surface area contributed by atoms with Gasteiger partial charge in [0.05, 0.1) is 6.54 Å². The van der Waals surface area contributed by atoms with E-state index in [1.54, 1.807) is 0 Å². The standard InChI is InChI=1S/C17H26N2O/c1-2-11-18-17(20)14-19(13-16-9-6-10-16)12-15-7-4-3-5-8-15/h3-5,7-8,16H,2,6,9-14H2,1H3,(H,18,20). The van der Waals surface area contributed by atoms with Crippen molar-refractivity contribution in [3.63, 3.8) is 0 Å². The molecule has 0 spiro atoms. The number of carbonyl (C=O) groups is 1. The van der Waals surface area contributed by atoms with Gasteiger partial charge in [-0.05, 0) is 30.7 Å². The van der Waals surface area contributed by atoms with E-state index in [1.807, 2.05) is 6.07 Å². The summed E-state index contributed by atoms with van der Waals surface area (Å²) in [6.07, 6.45) is 4.99. The first kappa shape index (κ1) is 15.0. The molecular weight excluding hydrogens is 248 g/mol. The van der Waals surface area contributed by atoms with Gasteiger partial charge in [-0.3, -0.25) is 9.69 Å². The van der Waals surface area contributed by atoms with E-state index in [4.69, 9.17) is 0 Å². The number of nitrogens with one attached hydrogen (secondary N) is 1. The highest BCUT2D eigenvalue weighted by atomic mass is 16.2. The minimum atomic E-state index is 0.155. The molecule has 0 radical (unpaired) electrons. The van der Waals surface area contributed by atoms with Gasteiger partial charge in [0.15, 0.2) is 0 Å². The molecule has 1 amide bonds. The predicted octanol–water partition coefficient (Wildman–Crippen LogP) is 2.81. The molecular formula is C17H26N2O. The zero-order valence-corrected chi connectivity index (χ0v) is 12.5. The van der Waals surface area contributed by atoms with Crippen molar-refractivity contribution in [2.75, 3.05) is 19.6 Å². The zero-order chi connectivity index (χ0) is 14.2. The number of hydrogen-bond donors (Lipinski definition) is 1. The summed E-state index contributed by atoms with van der Waals surface area (Å²) in [4.78, 5) is 14.2. The van der Waals surface area contributed by atoms with Gasteiger partial charge in [-0.1, -0.05) is 43.7 Å². The fourth-order valence-corrected chi connectivity index (χ4v) is 2.59. The van der Waals surface area contributed by atoms with Crippen molar-refractivity contribution in [2.24, 2.45) is 5.92 Å². The lowest BCUT2D eigenvalue weighted by molar-refractivity contribution is -0.122. The fraction of sp³-hybridized carbons (Fsp3) is 0.588. The molecule has 20 heavy (non-hydrogen) atoms. The van der Waals surface area contributed by atoms with E-state index < -0.39 is 0 Å². The van der Waals surface area contributed by atoms with E-state index in [0.717, 1.165) is 32.0 Å². The average Bonchev–Trinajstić information content (AvgIpc) is 2.41. The molecule has 0 aromatic heterocycles. The molecule has 0 saturated heterocycles. The maximum Gasteiger partial charge on any atom is 0.234 e.